The molecule has 2 aromatic heterocycles. The molecular weight excluding hydrogens is 347 g/mol. The number of hydrogen-bond donors (Lipinski definition) is 2. The van der Waals surface area contributed by atoms with Gasteiger partial charge in [0, 0.05) is 5.56 Å². The van der Waals surface area contributed by atoms with Crippen molar-refractivity contribution in [3.8, 4) is 17.1 Å². The molecule has 2 heterocycles. The van der Waals surface area contributed by atoms with Crippen LogP contribution in [-0.2, 0) is 0 Å². The number of carbonyl (C=O) groups excluding carboxylic acids is 1. The van der Waals surface area contributed by atoms with Gasteiger partial charge in [-0.1, -0.05) is 42.5 Å². The van der Waals surface area contributed by atoms with E-state index in [-0.39, 0.29) is 11.6 Å². The lowest BCUT2D eigenvalue weighted by Crippen LogP contribution is -2.14. The van der Waals surface area contributed by atoms with Crippen molar-refractivity contribution in [1.82, 2.24) is 25.0 Å². The number of anilines is 1. The third-order valence-electron chi connectivity index (χ3n) is 4.09. The molecule has 0 saturated carbocycles. The molecule has 0 aliphatic heterocycles. The van der Waals surface area contributed by atoms with Crippen molar-refractivity contribution in [3.63, 3.8) is 0 Å². The molecule has 0 aliphatic carbocycles. The topological polar surface area (TPSA) is 88.5 Å². The summed E-state index contributed by atoms with van der Waals surface area (Å²) in [5.74, 6) is -0.146. The molecule has 0 fully saturated rings. The van der Waals surface area contributed by atoms with Gasteiger partial charge in [-0.2, -0.15) is 10.1 Å². The molecule has 0 saturated heterocycles. The van der Waals surface area contributed by atoms with E-state index in [4.69, 9.17) is 0 Å². The lowest BCUT2D eigenvalue weighted by molar-refractivity contribution is 0.102. The SMILES string of the molecule is Cc1c(C(=O)Nc2n[nH]c(-c3ccccc3)n2)cnn1-c1ccccc1F. The van der Waals surface area contributed by atoms with E-state index in [9.17, 15) is 9.18 Å². The van der Waals surface area contributed by atoms with Crippen molar-refractivity contribution in [2.24, 2.45) is 0 Å². The first-order valence-electron chi connectivity index (χ1n) is 8.22. The fraction of sp³-hybridized carbons (Fsp3) is 0.0526. The molecule has 2 aromatic carbocycles. The average molecular weight is 362 g/mol. The van der Waals surface area contributed by atoms with Gasteiger partial charge in [-0.25, -0.2) is 9.07 Å². The third kappa shape index (κ3) is 3.20. The third-order valence-corrected chi connectivity index (χ3v) is 4.09. The summed E-state index contributed by atoms with van der Waals surface area (Å²) >= 11 is 0. The van der Waals surface area contributed by atoms with Crippen LogP contribution in [0.1, 0.15) is 16.1 Å². The van der Waals surface area contributed by atoms with E-state index in [2.05, 4.69) is 25.6 Å². The van der Waals surface area contributed by atoms with Crippen molar-refractivity contribution in [2.45, 2.75) is 6.92 Å². The second-order valence-electron chi connectivity index (χ2n) is 5.83. The summed E-state index contributed by atoms with van der Waals surface area (Å²) in [4.78, 5) is 16.8. The molecular formula is C19H15FN6O. The molecule has 4 rings (SSSR count). The second kappa shape index (κ2) is 6.83. The molecule has 7 nitrogen and oxygen atoms in total. The lowest BCUT2D eigenvalue weighted by atomic mass is 10.2. The van der Waals surface area contributed by atoms with Gasteiger partial charge in [0.15, 0.2) is 5.82 Å². The number of halogens is 1. The van der Waals surface area contributed by atoms with E-state index >= 15 is 0 Å². The average Bonchev–Trinajstić information content (AvgIpc) is 3.30. The predicted molar refractivity (Wildman–Crippen MR) is 98.0 cm³/mol. The predicted octanol–water partition coefficient (Wildman–Crippen LogP) is 3.36. The molecule has 0 atom stereocenters. The van der Waals surface area contributed by atoms with Crippen molar-refractivity contribution in [1.29, 1.82) is 0 Å². The highest BCUT2D eigenvalue weighted by atomic mass is 19.1. The van der Waals surface area contributed by atoms with Gasteiger partial charge in [-0.05, 0) is 19.1 Å². The van der Waals surface area contributed by atoms with Crippen molar-refractivity contribution >= 4 is 11.9 Å². The molecule has 0 aliphatic rings. The number of hydrogen-bond acceptors (Lipinski definition) is 4. The van der Waals surface area contributed by atoms with Gasteiger partial charge in [0.1, 0.15) is 11.5 Å². The highest BCUT2D eigenvalue weighted by Gasteiger charge is 2.18. The van der Waals surface area contributed by atoms with Gasteiger partial charge in [-0.3, -0.25) is 15.2 Å². The molecule has 4 aromatic rings. The smallest absolute Gasteiger partial charge is 0.261 e. The van der Waals surface area contributed by atoms with E-state index in [0.29, 0.717) is 17.1 Å². The highest BCUT2D eigenvalue weighted by Crippen LogP contribution is 2.19. The largest absolute Gasteiger partial charge is 0.289 e. The molecule has 0 unspecified atom stereocenters. The lowest BCUT2D eigenvalue weighted by Gasteiger charge is -2.06. The Bertz CT molecular complexity index is 1100. The second-order valence-corrected chi connectivity index (χ2v) is 5.83. The van der Waals surface area contributed by atoms with Gasteiger partial charge >= 0.3 is 0 Å². The summed E-state index contributed by atoms with van der Waals surface area (Å²) in [6, 6.07) is 15.7. The number of para-hydroxylation sites is 1. The first-order valence-corrected chi connectivity index (χ1v) is 8.22. The normalized spacial score (nSPS) is 10.7. The maximum atomic E-state index is 14.0. The van der Waals surface area contributed by atoms with E-state index < -0.39 is 11.7 Å². The van der Waals surface area contributed by atoms with Crippen molar-refractivity contribution in [3.05, 3.63) is 77.9 Å². The number of aromatic nitrogens is 5. The van der Waals surface area contributed by atoms with Gasteiger partial charge in [0.2, 0.25) is 5.95 Å². The Labute approximate surface area is 153 Å². The summed E-state index contributed by atoms with van der Waals surface area (Å²) in [5, 5.41) is 13.6. The zero-order chi connectivity index (χ0) is 18.8. The van der Waals surface area contributed by atoms with Crippen LogP contribution in [-0.4, -0.2) is 30.9 Å². The van der Waals surface area contributed by atoms with E-state index in [1.54, 1.807) is 25.1 Å². The van der Waals surface area contributed by atoms with Gasteiger partial charge in [0.05, 0.1) is 17.5 Å². The van der Waals surface area contributed by atoms with Crippen LogP contribution in [0.3, 0.4) is 0 Å². The number of benzene rings is 2. The van der Waals surface area contributed by atoms with Crippen LogP contribution in [0, 0.1) is 12.7 Å². The van der Waals surface area contributed by atoms with Gasteiger partial charge in [-0.15, -0.1) is 5.10 Å². The van der Waals surface area contributed by atoms with Crippen LogP contribution in [0.4, 0.5) is 10.3 Å². The monoisotopic (exact) mass is 362 g/mol. The number of carbonyl (C=O) groups is 1. The molecule has 0 spiro atoms. The molecule has 8 heteroatoms. The van der Waals surface area contributed by atoms with Crippen LogP contribution in [0.15, 0.2) is 60.8 Å². The first-order chi connectivity index (χ1) is 13.1. The number of nitrogens with one attached hydrogen (secondary N) is 2. The van der Waals surface area contributed by atoms with E-state index in [1.165, 1.54) is 16.9 Å². The summed E-state index contributed by atoms with van der Waals surface area (Å²) < 4.78 is 15.4. The molecule has 0 bridgehead atoms. The zero-order valence-corrected chi connectivity index (χ0v) is 14.3. The minimum atomic E-state index is -0.422. The summed E-state index contributed by atoms with van der Waals surface area (Å²) in [6.07, 6.45) is 1.39. The zero-order valence-electron chi connectivity index (χ0n) is 14.3. The minimum absolute atomic E-state index is 0.150. The maximum absolute atomic E-state index is 14.0. The number of rotatable bonds is 4. The number of aromatic amines is 1. The quantitative estimate of drug-likeness (QED) is 0.583. The summed E-state index contributed by atoms with van der Waals surface area (Å²) in [7, 11) is 0. The number of amides is 1. The highest BCUT2D eigenvalue weighted by molar-refractivity contribution is 6.04. The summed E-state index contributed by atoms with van der Waals surface area (Å²) in [6.45, 7) is 1.70. The van der Waals surface area contributed by atoms with E-state index in [0.717, 1.165) is 5.56 Å². The van der Waals surface area contributed by atoms with Gasteiger partial charge < -0.3 is 0 Å². The van der Waals surface area contributed by atoms with Crippen molar-refractivity contribution in [2.75, 3.05) is 5.32 Å². The van der Waals surface area contributed by atoms with Crippen LogP contribution in [0.25, 0.3) is 17.1 Å². The fourth-order valence-corrected chi connectivity index (χ4v) is 2.71. The molecule has 2 N–H and O–H groups in total. The first kappa shape index (κ1) is 16.6. The van der Waals surface area contributed by atoms with Crippen LogP contribution >= 0.6 is 0 Å². The Morgan fingerprint density at radius 2 is 1.85 bits per heavy atom. The van der Waals surface area contributed by atoms with Crippen LogP contribution in [0.5, 0.6) is 0 Å². The maximum Gasteiger partial charge on any atom is 0.261 e. The minimum Gasteiger partial charge on any atom is -0.289 e. The van der Waals surface area contributed by atoms with Crippen LogP contribution < -0.4 is 5.32 Å². The molecule has 1 amide bonds. The fourth-order valence-electron chi connectivity index (χ4n) is 2.71. The summed E-state index contributed by atoms with van der Waals surface area (Å²) in [5.41, 5.74) is 1.95. The van der Waals surface area contributed by atoms with Gasteiger partial charge in [0.25, 0.3) is 5.91 Å². The Hall–Kier alpha value is -3.81. The van der Waals surface area contributed by atoms with Crippen molar-refractivity contribution < 1.29 is 9.18 Å². The Morgan fingerprint density at radius 3 is 2.63 bits per heavy atom. The number of nitrogens with zero attached hydrogens (tertiary/aromatic N) is 4. The Morgan fingerprint density at radius 1 is 1.11 bits per heavy atom. The molecule has 134 valence electrons. The number of H-pyrrole nitrogens is 1. The molecule has 0 radical (unpaired) electrons. The van der Waals surface area contributed by atoms with E-state index in [1.807, 2.05) is 30.3 Å². The Kier molecular flexibility index (Phi) is 4.21. The van der Waals surface area contributed by atoms with Crippen LogP contribution in [0.2, 0.25) is 0 Å². The Balaban J connectivity index is 1.56. The standard InChI is InChI=1S/C19H15FN6O/c1-12-14(11-21-26(12)16-10-6-5-9-15(16)20)18(27)23-19-22-17(24-25-19)13-7-3-2-4-8-13/h2-11H,1H3,(H2,22,23,24,25,27). The molecule has 27 heavy (non-hydrogen) atoms.